The second kappa shape index (κ2) is 6.53. The van der Waals surface area contributed by atoms with E-state index >= 15 is 0 Å². The number of aryl methyl sites for hydroxylation is 1. The number of benzene rings is 2. The van der Waals surface area contributed by atoms with Crippen LogP contribution in [0.25, 0.3) is 10.2 Å². The van der Waals surface area contributed by atoms with Crippen molar-refractivity contribution in [3.63, 3.8) is 0 Å². The quantitative estimate of drug-likeness (QED) is 0.519. The number of rotatable bonds is 4. The zero-order valence-electron chi connectivity index (χ0n) is 13.7. The van der Waals surface area contributed by atoms with Crippen molar-refractivity contribution in [2.75, 3.05) is 4.90 Å². The van der Waals surface area contributed by atoms with Gasteiger partial charge in [0, 0.05) is 5.56 Å². The topological polar surface area (TPSA) is 46.3 Å². The molecule has 0 saturated heterocycles. The average molecular weight is 348 g/mol. The summed E-state index contributed by atoms with van der Waals surface area (Å²) < 4.78 is 6.50. The minimum atomic E-state index is -0.0875. The van der Waals surface area contributed by atoms with Gasteiger partial charge in [0.25, 0.3) is 5.91 Å². The molecule has 0 aliphatic rings. The van der Waals surface area contributed by atoms with Crippen LogP contribution in [0.4, 0.5) is 5.13 Å². The molecule has 2 aromatic carbocycles. The summed E-state index contributed by atoms with van der Waals surface area (Å²) in [6.07, 6.45) is 1.61. The van der Waals surface area contributed by atoms with Crippen molar-refractivity contribution in [2.24, 2.45) is 0 Å². The first-order valence-corrected chi connectivity index (χ1v) is 8.79. The van der Waals surface area contributed by atoms with Gasteiger partial charge in [-0.15, -0.1) is 0 Å². The molecule has 0 atom stereocenters. The lowest BCUT2D eigenvalue weighted by Crippen LogP contribution is -2.30. The Labute approximate surface area is 149 Å². The van der Waals surface area contributed by atoms with Crippen LogP contribution in [0, 0.1) is 6.92 Å². The molecule has 4 rings (SSSR count). The monoisotopic (exact) mass is 348 g/mol. The Morgan fingerprint density at radius 3 is 2.60 bits per heavy atom. The van der Waals surface area contributed by atoms with Gasteiger partial charge in [0.05, 0.1) is 23.0 Å². The maximum absolute atomic E-state index is 13.1. The molecule has 4 aromatic rings. The molecule has 1 amide bonds. The first-order chi connectivity index (χ1) is 12.2. The number of para-hydroxylation sites is 1. The minimum absolute atomic E-state index is 0.0875. The van der Waals surface area contributed by atoms with E-state index in [1.54, 1.807) is 11.2 Å². The van der Waals surface area contributed by atoms with Crippen LogP contribution < -0.4 is 4.90 Å². The van der Waals surface area contributed by atoms with Crippen molar-refractivity contribution < 1.29 is 9.21 Å². The van der Waals surface area contributed by atoms with Crippen molar-refractivity contribution in [1.82, 2.24) is 4.98 Å². The van der Waals surface area contributed by atoms with Crippen molar-refractivity contribution in [2.45, 2.75) is 13.5 Å². The van der Waals surface area contributed by atoms with Crippen LogP contribution in [0.15, 0.2) is 71.3 Å². The zero-order chi connectivity index (χ0) is 17.2. The first kappa shape index (κ1) is 15.6. The van der Waals surface area contributed by atoms with E-state index in [1.807, 2.05) is 67.6 Å². The summed E-state index contributed by atoms with van der Waals surface area (Å²) in [6, 6.07) is 19.2. The lowest BCUT2D eigenvalue weighted by Gasteiger charge is -2.18. The number of amides is 1. The fourth-order valence-corrected chi connectivity index (χ4v) is 3.58. The number of nitrogens with zero attached hydrogens (tertiary/aromatic N) is 2. The van der Waals surface area contributed by atoms with E-state index in [0.717, 1.165) is 21.5 Å². The molecule has 0 N–H and O–H groups in total. The van der Waals surface area contributed by atoms with Gasteiger partial charge < -0.3 is 4.42 Å². The molecule has 2 aromatic heterocycles. The summed E-state index contributed by atoms with van der Waals surface area (Å²) in [5.41, 5.74) is 2.65. The Hall–Kier alpha value is -2.92. The number of thiazole rings is 1. The third-order valence-corrected chi connectivity index (χ3v) is 5.01. The van der Waals surface area contributed by atoms with Crippen LogP contribution in [0.3, 0.4) is 0 Å². The van der Waals surface area contributed by atoms with Gasteiger partial charge in [0.2, 0.25) is 0 Å². The standard InChI is InChI=1S/C20H16N2O2S/c1-14-8-10-15(11-9-14)19(23)22(13-16-5-4-12-24-16)20-21-17-6-2-3-7-18(17)25-20/h2-12H,13H2,1H3. The Balaban J connectivity index is 1.75. The zero-order valence-corrected chi connectivity index (χ0v) is 14.5. The van der Waals surface area contributed by atoms with Crippen LogP contribution in [-0.4, -0.2) is 10.9 Å². The summed E-state index contributed by atoms with van der Waals surface area (Å²) in [7, 11) is 0. The van der Waals surface area contributed by atoms with Crippen molar-refractivity contribution in [3.05, 3.63) is 83.8 Å². The minimum Gasteiger partial charge on any atom is -0.467 e. The second-order valence-corrected chi connectivity index (χ2v) is 6.81. The third kappa shape index (κ3) is 3.19. The van der Waals surface area contributed by atoms with Crippen LogP contribution in [0.2, 0.25) is 0 Å². The fourth-order valence-electron chi connectivity index (χ4n) is 2.61. The molecule has 0 fully saturated rings. The van der Waals surface area contributed by atoms with Gasteiger partial charge in [-0.1, -0.05) is 41.2 Å². The molecule has 0 aliphatic heterocycles. The van der Waals surface area contributed by atoms with E-state index in [0.29, 0.717) is 17.2 Å². The number of aromatic nitrogens is 1. The lowest BCUT2D eigenvalue weighted by molar-refractivity contribution is 0.0983. The van der Waals surface area contributed by atoms with Gasteiger partial charge in [-0.3, -0.25) is 9.69 Å². The van der Waals surface area contributed by atoms with Crippen LogP contribution >= 0.6 is 11.3 Å². The molecule has 0 aliphatic carbocycles. The Kier molecular flexibility index (Phi) is 4.07. The van der Waals surface area contributed by atoms with Gasteiger partial charge in [-0.2, -0.15) is 0 Å². The smallest absolute Gasteiger partial charge is 0.260 e. The summed E-state index contributed by atoms with van der Waals surface area (Å²) >= 11 is 1.51. The van der Waals surface area contributed by atoms with Crippen LogP contribution in [0.1, 0.15) is 21.7 Å². The number of hydrogen-bond donors (Lipinski definition) is 0. The van der Waals surface area contributed by atoms with E-state index in [4.69, 9.17) is 4.42 Å². The van der Waals surface area contributed by atoms with E-state index in [1.165, 1.54) is 11.3 Å². The Morgan fingerprint density at radius 2 is 1.88 bits per heavy atom. The maximum atomic E-state index is 13.1. The SMILES string of the molecule is Cc1ccc(C(=O)N(Cc2ccco2)c2nc3ccccc3s2)cc1. The molecular formula is C20H16N2O2S. The number of carbonyl (C=O) groups is 1. The molecule has 0 bridgehead atoms. The van der Waals surface area contributed by atoms with E-state index in [2.05, 4.69) is 4.98 Å². The molecule has 5 heteroatoms. The third-order valence-electron chi connectivity index (χ3n) is 3.95. The average Bonchev–Trinajstić information content (AvgIpc) is 3.29. The van der Waals surface area contributed by atoms with E-state index < -0.39 is 0 Å². The molecule has 0 radical (unpaired) electrons. The summed E-state index contributed by atoms with van der Waals surface area (Å²) in [4.78, 5) is 19.4. The second-order valence-electron chi connectivity index (χ2n) is 5.80. The molecule has 0 spiro atoms. The first-order valence-electron chi connectivity index (χ1n) is 7.97. The Bertz CT molecular complexity index is 971. The van der Waals surface area contributed by atoms with Crippen molar-refractivity contribution in [1.29, 1.82) is 0 Å². The maximum Gasteiger partial charge on any atom is 0.260 e. The largest absolute Gasteiger partial charge is 0.467 e. The highest BCUT2D eigenvalue weighted by atomic mass is 32.1. The van der Waals surface area contributed by atoms with Crippen molar-refractivity contribution >= 4 is 32.6 Å². The predicted octanol–water partition coefficient (Wildman–Crippen LogP) is 5.04. The molecule has 4 nitrogen and oxygen atoms in total. The van der Waals surface area contributed by atoms with Crippen LogP contribution in [-0.2, 0) is 6.54 Å². The fraction of sp³-hybridized carbons (Fsp3) is 0.100. The molecule has 0 unspecified atom stereocenters. The van der Waals surface area contributed by atoms with E-state index in [-0.39, 0.29) is 5.91 Å². The highest BCUT2D eigenvalue weighted by Gasteiger charge is 2.22. The predicted molar refractivity (Wildman–Crippen MR) is 100 cm³/mol. The lowest BCUT2D eigenvalue weighted by atomic mass is 10.1. The van der Waals surface area contributed by atoms with Crippen LogP contribution in [0.5, 0.6) is 0 Å². The van der Waals surface area contributed by atoms with E-state index in [9.17, 15) is 4.79 Å². The molecule has 0 saturated carbocycles. The molecular weight excluding hydrogens is 332 g/mol. The summed E-state index contributed by atoms with van der Waals surface area (Å²) in [6.45, 7) is 2.35. The van der Waals surface area contributed by atoms with Gasteiger partial charge in [-0.25, -0.2) is 4.98 Å². The molecule has 25 heavy (non-hydrogen) atoms. The van der Waals surface area contributed by atoms with Gasteiger partial charge in [0.15, 0.2) is 5.13 Å². The highest BCUT2D eigenvalue weighted by molar-refractivity contribution is 7.22. The summed E-state index contributed by atoms with van der Waals surface area (Å²) in [5.74, 6) is 0.634. The molecule has 2 heterocycles. The Morgan fingerprint density at radius 1 is 1.08 bits per heavy atom. The number of furan rings is 1. The number of fused-ring (bicyclic) bond motifs is 1. The number of hydrogen-bond acceptors (Lipinski definition) is 4. The number of carbonyl (C=O) groups excluding carboxylic acids is 1. The van der Waals surface area contributed by atoms with Crippen molar-refractivity contribution in [3.8, 4) is 0 Å². The molecule has 124 valence electrons. The van der Waals surface area contributed by atoms with Gasteiger partial charge in [-0.05, 0) is 43.3 Å². The summed E-state index contributed by atoms with van der Waals surface area (Å²) in [5, 5.41) is 0.670. The van der Waals surface area contributed by atoms with Gasteiger partial charge in [0.1, 0.15) is 5.76 Å². The normalized spacial score (nSPS) is 10.9. The van der Waals surface area contributed by atoms with Gasteiger partial charge >= 0.3 is 0 Å². The highest BCUT2D eigenvalue weighted by Crippen LogP contribution is 2.30. The number of anilines is 1.